The maximum Gasteiger partial charge on any atom is 0.338 e. The van der Waals surface area contributed by atoms with Crippen molar-refractivity contribution in [2.24, 2.45) is 0 Å². The van der Waals surface area contributed by atoms with Crippen LogP contribution in [0.1, 0.15) is 63.2 Å². The van der Waals surface area contributed by atoms with Gasteiger partial charge in [0.05, 0.1) is 5.56 Å². The number of carbonyl (C=O) groups is 3. The molecule has 0 aromatic heterocycles. The number of likely N-dealkylation sites (N-methyl/N-ethyl adjacent to an activating group) is 1. The summed E-state index contributed by atoms with van der Waals surface area (Å²) < 4.78 is 5.38. The zero-order valence-corrected chi connectivity index (χ0v) is 15.8. The second-order valence-corrected chi connectivity index (χ2v) is 6.72. The number of carbonyl (C=O) groups excluding carboxylic acids is 3. The summed E-state index contributed by atoms with van der Waals surface area (Å²) in [5, 5.41) is 2.64. The highest BCUT2D eigenvalue weighted by molar-refractivity contribution is 5.93. The molecule has 1 N–H and O–H groups in total. The summed E-state index contributed by atoms with van der Waals surface area (Å²) in [5.74, 6) is -0.857. The van der Waals surface area contributed by atoms with Crippen LogP contribution in [0.4, 0.5) is 5.69 Å². The van der Waals surface area contributed by atoms with Crippen LogP contribution >= 0.6 is 0 Å². The standard InChI is InChI=1S/C20H28N2O4/c1-4-22(18-8-6-5-7-9-18)19(24)14(2)26-20(25)16-10-12-17(13-11-16)21-15(3)23/h10-14,18H,4-9H2,1-3H3,(H,21,23)/t14-/m0/s1. The van der Waals surface area contributed by atoms with Crippen molar-refractivity contribution in [2.75, 3.05) is 11.9 Å². The van der Waals surface area contributed by atoms with E-state index in [-0.39, 0.29) is 17.9 Å². The summed E-state index contributed by atoms with van der Waals surface area (Å²) in [4.78, 5) is 37.9. The lowest BCUT2D eigenvalue weighted by atomic mass is 9.94. The average molecular weight is 360 g/mol. The number of amides is 2. The van der Waals surface area contributed by atoms with E-state index < -0.39 is 12.1 Å². The van der Waals surface area contributed by atoms with Gasteiger partial charge in [0.15, 0.2) is 6.10 Å². The maximum atomic E-state index is 12.7. The third kappa shape index (κ3) is 5.31. The van der Waals surface area contributed by atoms with Gasteiger partial charge in [-0.15, -0.1) is 0 Å². The van der Waals surface area contributed by atoms with E-state index in [4.69, 9.17) is 4.74 Å². The molecule has 6 nitrogen and oxygen atoms in total. The summed E-state index contributed by atoms with van der Waals surface area (Å²) in [6, 6.07) is 6.65. The Hall–Kier alpha value is -2.37. The minimum absolute atomic E-state index is 0.136. The van der Waals surface area contributed by atoms with Gasteiger partial charge in [0.2, 0.25) is 5.91 Å². The molecule has 1 saturated carbocycles. The van der Waals surface area contributed by atoms with Crippen molar-refractivity contribution in [1.82, 2.24) is 4.90 Å². The molecule has 0 radical (unpaired) electrons. The molecule has 26 heavy (non-hydrogen) atoms. The third-order valence-electron chi connectivity index (χ3n) is 4.71. The molecule has 6 heteroatoms. The van der Waals surface area contributed by atoms with E-state index in [0.717, 1.165) is 25.7 Å². The highest BCUT2D eigenvalue weighted by Crippen LogP contribution is 2.23. The fraction of sp³-hybridized carbons (Fsp3) is 0.550. The van der Waals surface area contributed by atoms with Gasteiger partial charge in [0.25, 0.3) is 5.91 Å². The summed E-state index contributed by atoms with van der Waals surface area (Å²) in [5.41, 5.74) is 0.951. The molecule has 1 fully saturated rings. The van der Waals surface area contributed by atoms with Crippen LogP contribution in [-0.2, 0) is 14.3 Å². The molecule has 0 heterocycles. The van der Waals surface area contributed by atoms with Gasteiger partial charge in [-0.3, -0.25) is 9.59 Å². The van der Waals surface area contributed by atoms with Gasteiger partial charge in [-0.1, -0.05) is 19.3 Å². The molecule has 142 valence electrons. The lowest BCUT2D eigenvalue weighted by molar-refractivity contribution is -0.142. The van der Waals surface area contributed by atoms with E-state index in [1.165, 1.54) is 13.3 Å². The number of anilines is 1. The van der Waals surface area contributed by atoms with Crippen LogP contribution in [0.2, 0.25) is 0 Å². The minimum Gasteiger partial charge on any atom is -0.449 e. The number of hydrogen-bond acceptors (Lipinski definition) is 4. The second-order valence-electron chi connectivity index (χ2n) is 6.72. The molecular weight excluding hydrogens is 332 g/mol. The van der Waals surface area contributed by atoms with E-state index in [2.05, 4.69) is 5.32 Å². The number of benzene rings is 1. The molecule has 2 amide bonds. The quantitative estimate of drug-likeness (QED) is 0.789. The number of nitrogens with one attached hydrogen (secondary N) is 1. The molecule has 0 spiro atoms. The average Bonchev–Trinajstić information content (AvgIpc) is 2.63. The Bertz CT molecular complexity index is 636. The van der Waals surface area contributed by atoms with Gasteiger partial charge < -0.3 is 15.0 Å². The Morgan fingerprint density at radius 1 is 1.15 bits per heavy atom. The summed E-state index contributed by atoms with van der Waals surface area (Å²) in [6.07, 6.45) is 4.73. The summed E-state index contributed by atoms with van der Waals surface area (Å²) >= 11 is 0. The van der Waals surface area contributed by atoms with Crippen molar-refractivity contribution in [3.63, 3.8) is 0 Å². The number of ether oxygens (including phenoxy) is 1. The molecule has 0 unspecified atom stereocenters. The number of hydrogen-bond donors (Lipinski definition) is 1. The fourth-order valence-electron chi connectivity index (χ4n) is 3.39. The first-order valence-electron chi connectivity index (χ1n) is 9.31. The molecular formula is C20H28N2O4. The Labute approximate surface area is 154 Å². The van der Waals surface area contributed by atoms with Crippen LogP contribution in [0.5, 0.6) is 0 Å². The van der Waals surface area contributed by atoms with E-state index in [9.17, 15) is 14.4 Å². The molecule has 0 aliphatic heterocycles. The lowest BCUT2D eigenvalue weighted by Crippen LogP contribution is -2.46. The van der Waals surface area contributed by atoms with Crippen LogP contribution in [0, 0.1) is 0 Å². The van der Waals surface area contributed by atoms with Crippen LogP contribution in [0.15, 0.2) is 24.3 Å². The summed E-state index contributed by atoms with van der Waals surface area (Å²) in [6.45, 7) is 5.62. The van der Waals surface area contributed by atoms with E-state index >= 15 is 0 Å². The van der Waals surface area contributed by atoms with Crippen molar-refractivity contribution in [3.05, 3.63) is 29.8 Å². The number of esters is 1. The van der Waals surface area contributed by atoms with Crippen molar-refractivity contribution < 1.29 is 19.1 Å². The van der Waals surface area contributed by atoms with Gasteiger partial charge in [-0.25, -0.2) is 4.79 Å². The Balaban J connectivity index is 1.96. The Kier molecular flexibility index (Phi) is 7.18. The van der Waals surface area contributed by atoms with Crippen molar-refractivity contribution in [2.45, 2.75) is 65.0 Å². The second kappa shape index (κ2) is 9.36. The van der Waals surface area contributed by atoms with Gasteiger partial charge >= 0.3 is 5.97 Å². The monoisotopic (exact) mass is 360 g/mol. The van der Waals surface area contributed by atoms with Gasteiger partial charge in [-0.05, 0) is 51.0 Å². The first kappa shape index (κ1) is 19.9. The number of rotatable bonds is 6. The molecule has 2 rings (SSSR count). The zero-order chi connectivity index (χ0) is 19.1. The topological polar surface area (TPSA) is 75.7 Å². The van der Waals surface area contributed by atoms with Crippen LogP contribution in [0.25, 0.3) is 0 Å². The van der Waals surface area contributed by atoms with E-state index in [1.807, 2.05) is 11.8 Å². The maximum absolute atomic E-state index is 12.7. The Morgan fingerprint density at radius 2 is 1.77 bits per heavy atom. The fourth-order valence-corrected chi connectivity index (χ4v) is 3.39. The van der Waals surface area contributed by atoms with Crippen LogP contribution in [0.3, 0.4) is 0 Å². The SMILES string of the molecule is CCN(C(=O)[C@H](C)OC(=O)c1ccc(NC(C)=O)cc1)C1CCCCC1. The summed E-state index contributed by atoms with van der Waals surface area (Å²) in [7, 11) is 0. The smallest absolute Gasteiger partial charge is 0.338 e. The zero-order valence-electron chi connectivity index (χ0n) is 15.8. The predicted octanol–water partition coefficient (Wildman–Crippen LogP) is 3.37. The van der Waals surface area contributed by atoms with Crippen LogP contribution < -0.4 is 5.32 Å². The normalized spacial score (nSPS) is 15.8. The minimum atomic E-state index is -0.820. The molecule has 1 aromatic carbocycles. The lowest BCUT2D eigenvalue weighted by Gasteiger charge is -2.35. The molecule has 1 aliphatic rings. The van der Waals surface area contributed by atoms with E-state index in [0.29, 0.717) is 17.8 Å². The molecule has 1 aliphatic carbocycles. The molecule has 1 aromatic rings. The van der Waals surface area contributed by atoms with Crippen molar-refractivity contribution >= 4 is 23.5 Å². The van der Waals surface area contributed by atoms with Gasteiger partial charge in [0, 0.05) is 25.2 Å². The molecule has 0 saturated heterocycles. The molecule has 1 atom stereocenters. The largest absolute Gasteiger partial charge is 0.449 e. The van der Waals surface area contributed by atoms with E-state index in [1.54, 1.807) is 31.2 Å². The van der Waals surface area contributed by atoms with Crippen LogP contribution in [-0.4, -0.2) is 41.4 Å². The Morgan fingerprint density at radius 3 is 2.31 bits per heavy atom. The first-order valence-corrected chi connectivity index (χ1v) is 9.31. The van der Waals surface area contributed by atoms with Gasteiger partial charge in [0.1, 0.15) is 0 Å². The molecule has 0 bridgehead atoms. The van der Waals surface area contributed by atoms with Crippen molar-refractivity contribution in [3.8, 4) is 0 Å². The van der Waals surface area contributed by atoms with Gasteiger partial charge in [-0.2, -0.15) is 0 Å². The first-order chi connectivity index (χ1) is 12.4. The highest BCUT2D eigenvalue weighted by atomic mass is 16.5. The number of nitrogens with zero attached hydrogens (tertiary/aromatic N) is 1. The highest BCUT2D eigenvalue weighted by Gasteiger charge is 2.29. The third-order valence-corrected chi connectivity index (χ3v) is 4.71. The van der Waals surface area contributed by atoms with Crippen molar-refractivity contribution in [1.29, 1.82) is 0 Å². The predicted molar refractivity (Wildman–Crippen MR) is 99.9 cm³/mol.